The molecule has 2 aliphatic rings. The van der Waals surface area contributed by atoms with E-state index < -0.39 is 18.2 Å². The van der Waals surface area contributed by atoms with E-state index in [2.05, 4.69) is 9.97 Å². The quantitative estimate of drug-likeness (QED) is 0.908. The van der Waals surface area contributed by atoms with Gasteiger partial charge < -0.3 is 10.0 Å². The predicted octanol–water partition coefficient (Wildman–Crippen LogP) is 2.42. The number of halogens is 3. The Hall–Kier alpha value is -1.01. The molecule has 2 heterocycles. The fourth-order valence-corrected chi connectivity index (χ4v) is 2.85. The first-order valence-corrected chi connectivity index (χ1v) is 6.63. The average molecular weight is 290 g/mol. The summed E-state index contributed by atoms with van der Waals surface area (Å²) in [4.78, 5) is 9.47. The van der Waals surface area contributed by atoms with E-state index in [1.807, 2.05) is 4.90 Å². The van der Waals surface area contributed by atoms with Crippen molar-refractivity contribution in [3.63, 3.8) is 0 Å². The number of hydrogen-bond acceptors (Lipinski definition) is 4. The minimum absolute atomic E-state index is 0.0939. The highest BCUT2D eigenvalue weighted by molar-refractivity contribution is 6.30. The summed E-state index contributed by atoms with van der Waals surface area (Å²) < 4.78 is 25.1. The maximum Gasteiger partial charge on any atom is 0.283 e. The highest BCUT2D eigenvalue weighted by Crippen LogP contribution is 2.53. The Morgan fingerprint density at radius 2 is 2.16 bits per heavy atom. The molecule has 19 heavy (non-hydrogen) atoms. The molecular weight excluding hydrogens is 276 g/mol. The number of β-amino-alcohol motifs (C(OH)–C–C–N with tert-alkyl or cyclic N) is 1. The van der Waals surface area contributed by atoms with Gasteiger partial charge in [-0.15, -0.1) is 0 Å². The smallest absolute Gasteiger partial charge is 0.283 e. The summed E-state index contributed by atoms with van der Waals surface area (Å²) in [5, 5.41) is 9.83. The number of anilines is 1. The molecule has 4 nitrogen and oxygen atoms in total. The Balaban J connectivity index is 1.78. The van der Waals surface area contributed by atoms with Crippen LogP contribution in [0, 0.1) is 5.41 Å². The van der Waals surface area contributed by atoms with Gasteiger partial charge in [-0.2, -0.15) is 0 Å². The average Bonchev–Trinajstić information content (AvgIpc) is 3.13. The number of rotatable bonds is 2. The maximum atomic E-state index is 12.5. The second kappa shape index (κ2) is 4.52. The predicted molar refractivity (Wildman–Crippen MR) is 66.5 cm³/mol. The van der Waals surface area contributed by atoms with Crippen LogP contribution >= 0.6 is 11.6 Å². The first kappa shape index (κ1) is 13.0. The first-order valence-electron chi connectivity index (χ1n) is 6.25. The van der Waals surface area contributed by atoms with Gasteiger partial charge in [0.05, 0.1) is 12.3 Å². The summed E-state index contributed by atoms with van der Waals surface area (Å²) in [6, 6.07) is 0. The molecule has 1 spiro atoms. The van der Waals surface area contributed by atoms with E-state index in [9.17, 15) is 13.9 Å². The van der Waals surface area contributed by atoms with Crippen molar-refractivity contribution >= 4 is 17.4 Å². The van der Waals surface area contributed by atoms with Crippen LogP contribution in [0.25, 0.3) is 0 Å². The van der Waals surface area contributed by atoms with Gasteiger partial charge in [0.25, 0.3) is 6.43 Å². The second-order valence-corrected chi connectivity index (χ2v) is 5.64. The van der Waals surface area contributed by atoms with E-state index >= 15 is 0 Å². The molecule has 2 fully saturated rings. The Kier molecular flexibility index (Phi) is 3.09. The van der Waals surface area contributed by atoms with E-state index in [4.69, 9.17) is 11.6 Å². The molecule has 0 aromatic carbocycles. The Morgan fingerprint density at radius 1 is 1.42 bits per heavy atom. The molecule has 0 radical (unpaired) electrons. The van der Waals surface area contributed by atoms with Crippen molar-refractivity contribution in [2.24, 2.45) is 5.41 Å². The van der Waals surface area contributed by atoms with Gasteiger partial charge in [-0.05, 0) is 24.7 Å². The van der Waals surface area contributed by atoms with E-state index in [-0.39, 0.29) is 10.6 Å². The molecule has 1 saturated carbocycles. The van der Waals surface area contributed by atoms with Crippen LogP contribution in [0.15, 0.2) is 6.20 Å². The summed E-state index contributed by atoms with van der Waals surface area (Å²) in [5.41, 5.74) is -0.405. The van der Waals surface area contributed by atoms with Crippen molar-refractivity contribution in [2.45, 2.75) is 31.8 Å². The van der Waals surface area contributed by atoms with Gasteiger partial charge in [0.2, 0.25) is 0 Å². The zero-order chi connectivity index (χ0) is 13.6. The molecule has 1 atom stereocenters. The molecule has 0 bridgehead atoms. The summed E-state index contributed by atoms with van der Waals surface area (Å²) in [7, 11) is 0. The number of aromatic nitrogens is 2. The van der Waals surface area contributed by atoms with Crippen LogP contribution in [0.3, 0.4) is 0 Å². The SMILES string of the molecule is OC1CN(c2cnc(C(F)F)c(Cl)n2)CCC12CC2. The van der Waals surface area contributed by atoms with Crippen LogP contribution in [0.2, 0.25) is 5.15 Å². The van der Waals surface area contributed by atoms with Crippen LogP contribution < -0.4 is 4.90 Å². The lowest BCUT2D eigenvalue weighted by Gasteiger charge is -2.36. The van der Waals surface area contributed by atoms with Crippen LogP contribution in [0.1, 0.15) is 31.4 Å². The van der Waals surface area contributed by atoms with Crippen molar-refractivity contribution in [1.82, 2.24) is 9.97 Å². The van der Waals surface area contributed by atoms with Gasteiger partial charge >= 0.3 is 0 Å². The molecule has 1 N–H and O–H groups in total. The molecule has 104 valence electrons. The summed E-state index contributed by atoms with van der Waals surface area (Å²) >= 11 is 5.71. The Bertz CT molecular complexity index is 496. The Morgan fingerprint density at radius 3 is 2.68 bits per heavy atom. The minimum Gasteiger partial charge on any atom is -0.391 e. The number of aliphatic hydroxyl groups is 1. The molecule has 3 rings (SSSR count). The van der Waals surface area contributed by atoms with E-state index in [1.54, 1.807) is 0 Å². The van der Waals surface area contributed by atoms with Gasteiger partial charge in [0.15, 0.2) is 5.15 Å². The summed E-state index contributed by atoms with van der Waals surface area (Å²) in [5.74, 6) is 0.448. The van der Waals surface area contributed by atoms with Crippen molar-refractivity contribution in [1.29, 1.82) is 0 Å². The molecule has 1 aromatic heterocycles. The van der Waals surface area contributed by atoms with Gasteiger partial charge in [0, 0.05) is 13.1 Å². The lowest BCUT2D eigenvalue weighted by atomic mass is 9.91. The molecule has 1 aromatic rings. The van der Waals surface area contributed by atoms with E-state index in [0.29, 0.717) is 12.4 Å². The van der Waals surface area contributed by atoms with Gasteiger partial charge in [-0.1, -0.05) is 11.6 Å². The highest BCUT2D eigenvalue weighted by atomic mass is 35.5. The van der Waals surface area contributed by atoms with Gasteiger partial charge in [0.1, 0.15) is 11.5 Å². The number of alkyl halides is 2. The maximum absolute atomic E-state index is 12.5. The van der Waals surface area contributed by atoms with E-state index in [1.165, 1.54) is 6.20 Å². The Labute approximate surface area is 114 Å². The fourth-order valence-electron chi connectivity index (χ4n) is 2.64. The fraction of sp³-hybridized carbons (Fsp3) is 0.667. The molecular formula is C12H14ClF2N3O. The topological polar surface area (TPSA) is 49.2 Å². The minimum atomic E-state index is -2.73. The number of piperidine rings is 1. The molecule has 1 unspecified atom stereocenters. The van der Waals surface area contributed by atoms with Crippen molar-refractivity contribution < 1.29 is 13.9 Å². The summed E-state index contributed by atoms with van der Waals surface area (Å²) in [6.45, 7) is 1.20. The third kappa shape index (κ3) is 2.27. The summed E-state index contributed by atoms with van der Waals surface area (Å²) in [6.07, 6.45) is 1.21. The molecule has 7 heteroatoms. The highest BCUT2D eigenvalue weighted by Gasteiger charge is 2.51. The van der Waals surface area contributed by atoms with Crippen LogP contribution in [-0.4, -0.2) is 34.3 Å². The number of aliphatic hydroxyl groups excluding tert-OH is 1. The third-order valence-electron chi connectivity index (χ3n) is 4.15. The first-order chi connectivity index (χ1) is 9.02. The van der Waals surface area contributed by atoms with Crippen LogP contribution in [-0.2, 0) is 0 Å². The largest absolute Gasteiger partial charge is 0.391 e. The van der Waals surface area contributed by atoms with E-state index in [0.717, 1.165) is 25.8 Å². The molecule has 1 aliphatic heterocycles. The normalized spacial score (nSPS) is 25.1. The number of nitrogens with zero attached hydrogens (tertiary/aromatic N) is 3. The van der Waals surface area contributed by atoms with Crippen molar-refractivity contribution in [3.8, 4) is 0 Å². The molecule has 1 saturated heterocycles. The third-order valence-corrected chi connectivity index (χ3v) is 4.42. The number of hydrogen-bond donors (Lipinski definition) is 1. The lowest BCUT2D eigenvalue weighted by molar-refractivity contribution is 0.0773. The molecule has 0 amide bonds. The van der Waals surface area contributed by atoms with Crippen LogP contribution in [0.5, 0.6) is 0 Å². The van der Waals surface area contributed by atoms with Gasteiger partial charge in [-0.3, -0.25) is 0 Å². The van der Waals surface area contributed by atoms with Crippen molar-refractivity contribution in [3.05, 3.63) is 17.0 Å². The van der Waals surface area contributed by atoms with Crippen molar-refractivity contribution in [2.75, 3.05) is 18.0 Å². The standard InChI is InChI=1S/C12H14ClF2N3O/c13-10-9(11(14)15)16-5-8(17-10)18-4-3-12(1-2-12)7(19)6-18/h5,7,11,19H,1-4,6H2. The van der Waals surface area contributed by atoms with Gasteiger partial charge in [-0.25, -0.2) is 18.7 Å². The lowest BCUT2D eigenvalue weighted by Crippen LogP contribution is -2.45. The zero-order valence-electron chi connectivity index (χ0n) is 10.2. The van der Waals surface area contributed by atoms with Crippen LogP contribution in [0.4, 0.5) is 14.6 Å². The second-order valence-electron chi connectivity index (χ2n) is 5.28. The molecule has 1 aliphatic carbocycles. The zero-order valence-corrected chi connectivity index (χ0v) is 10.9. The monoisotopic (exact) mass is 289 g/mol.